The Bertz CT molecular complexity index is 632. The molecule has 0 radical (unpaired) electrons. The third-order valence-electron chi connectivity index (χ3n) is 3.12. The second-order valence-electron chi connectivity index (χ2n) is 4.86. The molecule has 0 fully saturated rings. The first-order valence-electron chi connectivity index (χ1n) is 6.99. The molecular weight excluding hydrogens is 321 g/mol. The number of amides is 1. The zero-order valence-electron chi connectivity index (χ0n) is 12.2. The summed E-state index contributed by atoms with van der Waals surface area (Å²) in [6, 6.07) is 14.9. The molecular formula is C17H17Cl2NO2. The van der Waals surface area contributed by atoms with Gasteiger partial charge in [-0.25, -0.2) is 0 Å². The molecule has 22 heavy (non-hydrogen) atoms. The van der Waals surface area contributed by atoms with Gasteiger partial charge in [-0.15, -0.1) is 0 Å². The second kappa shape index (κ2) is 8.06. The molecule has 1 N–H and O–H groups in total. The molecule has 0 saturated heterocycles. The van der Waals surface area contributed by atoms with Gasteiger partial charge in [0.05, 0.1) is 5.02 Å². The van der Waals surface area contributed by atoms with Crippen molar-refractivity contribution in [3.05, 3.63) is 64.1 Å². The molecule has 0 saturated carbocycles. The number of ether oxygens (including phenoxy) is 1. The summed E-state index contributed by atoms with van der Waals surface area (Å²) >= 11 is 11.9. The van der Waals surface area contributed by atoms with E-state index in [1.54, 1.807) is 25.1 Å². The number of carbonyl (C=O) groups excluding carboxylic acids is 1. The first-order valence-corrected chi connectivity index (χ1v) is 7.75. The second-order valence-corrected chi connectivity index (χ2v) is 5.71. The van der Waals surface area contributed by atoms with E-state index < -0.39 is 6.10 Å². The van der Waals surface area contributed by atoms with Crippen LogP contribution in [0.3, 0.4) is 0 Å². The molecule has 2 rings (SSSR count). The van der Waals surface area contributed by atoms with E-state index in [2.05, 4.69) is 5.32 Å². The molecule has 0 unspecified atom stereocenters. The highest BCUT2D eigenvalue weighted by Gasteiger charge is 2.15. The first kappa shape index (κ1) is 16.7. The average molecular weight is 338 g/mol. The molecule has 0 aliphatic carbocycles. The van der Waals surface area contributed by atoms with Crippen molar-refractivity contribution in [1.82, 2.24) is 5.32 Å². The van der Waals surface area contributed by atoms with Gasteiger partial charge in [-0.05, 0) is 31.0 Å². The quantitative estimate of drug-likeness (QED) is 0.860. The molecule has 3 nitrogen and oxygen atoms in total. The Morgan fingerprint density at radius 3 is 2.64 bits per heavy atom. The molecule has 1 amide bonds. The molecule has 0 heterocycles. The molecule has 0 aliphatic heterocycles. The van der Waals surface area contributed by atoms with Gasteiger partial charge in [0.1, 0.15) is 5.75 Å². The third-order valence-corrected chi connectivity index (χ3v) is 3.67. The van der Waals surface area contributed by atoms with Crippen LogP contribution in [-0.2, 0) is 11.2 Å². The highest BCUT2D eigenvalue weighted by Crippen LogP contribution is 2.28. The van der Waals surface area contributed by atoms with E-state index in [4.69, 9.17) is 27.9 Å². The minimum Gasteiger partial charge on any atom is -0.479 e. The summed E-state index contributed by atoms with van der Waals surface area (Å²) in [5.41, 5.74) is 1.18. The number of hydrogen-bond acceptors (Lipinski definition) is 2. The van der Waals surface area contributed by atoms with E-state index in [-0.39, 0.29) is 5.91 Å². The van der Waals surface area contributed by atoms with Crippen molar-refractivity contribution in [2.75, 3.05) is 6.54 Å². The summed E-state index contributed by atoms with van der Waals surface area (Å²) in [5.74, 6) is 0.215. The van der Waals surface area contributed by atoms with Crippen molar-refractivity contribution in [1.29, 1.82) is 0 Å². The van der Waals surface area contributed by atoms with E-state index >= 15 is 0 Å². The van der Waals surface area contributed by atoms with Crippen molar-refractivity contribution in [3.63, 3.8) is 0 Å². The lowest BCUT2D eigenvalue weighted by Gasteiger charge is -2.15. The fourth-order valence-corrected chi connectivity index (χ4v) is 2.25. The van der Waals surface area contributed by atoms with E-state index in [1.165, 1.54) is 5.56 Å². The summed E-state index contributed by atoms with van der Waals surface area (Å²) in [7, 11) is 0. The predicted octanol–water partition coefficient (Wildman–Crippen LogP) is 4.12. The maximum atomic E-state index is 12.0. The summed E-state index contributed by atoms with van der Waals surface area (Å²) < 4.78 is 5.56. The first-order chi connectivity index (χ1) is 10.6. The lowest BCUT2D eigenvalue weighted by Crippen LogP contribution is -2.37. The highest BCUT2D eigenvalue weighted by molar-refractivity contribution is 6.34. The van der Waals surface area contributed by atoms with Gasteiger partial charge in [-0.2, -0.15) is 0 Å². The molecule has 0 spiro atoms. The van der Waals surface area contributed by atoms with Gasteiger partial charge in [-0.1, -0.05) is 53.5 Å². The van der Waals surface area contributed by atoms with Crippen LogP contribution in [0.2, 0.25) is 10.0 Å². The third kappa shape index (κ3) is 4.93. The summed E-state index contributed by atoms with van der Waals surface area (Å²) in [5, 5.41) is 3.78. The number of carbonyl (C=O) groups is 1. The smallest absolute Gasteiger partial charge is 0.260 e. The van der Waals surface area contributed by atoms with Crippen LogP contribution in [0.1, 0.15) is 12.5 Å². The minimum absolute atomic E-state index is 0.188. The van der Waals surface area contributed by atoms with Gasteiger partial charge in [0.15, 0.2) is 6.10 Å². The number of rotatable bonds is 6. The van der Waals surface area contributed by atoms with Crippen molar-refractivity contribution >= 4 is 29.1 Å². The molecule has 0 bridgehead atoms. The highest BCUT2D eigenvalue weighted by atomic mass is 35.5. The minimum atomic E-state index is -0.647. The van der Waals surface area contributed by atoms with Gasteiger partial charge in [-0.3, -0.25) is 4.79 Å². The Kier molecular flexibility index (Phi) is 6.10. The van der Waals surface area contributed by atoms with E-state index in [0.717, 1.165) is 6.42 Å². The monoisotopic (exact) mass is 337 g/mol. The molecule has 116 valence electrons. The SMILES string of the molecule is C[C@H](Oc1cc(Cl)ccc1Cl)C(=O)NCCc1ccccc1. The number of halogens is 2. The molecule has 5 heteroatoms. The standard InChI is InChI=1S/C17H17Cl2NO2/c1-12(22-16-11-14(18)7-8-15(16)19)17(21)20-10-9-13-5-3-2-4-6-13/h2-8,11-12H,9-10H2,1H3,(H,20,21)/t12-/m0/s1. The topological polar surface area (TPSA) is 38.3 Å². The van der Waals surface area contributed by atoms with E-state index in [1.807, 2.05) is 30.3 Å². The van der Waals surface area contributed by atoms with Gasteiger partial charge in [0.2, 0.25) is 0 Å². The Morgan fingerprint density at radius 2 is 1.91 bits per heavy atom. The average Bonchev–Trinajstić information content (AvgIpc) is 2.52. The lowest BCUT2D eigenvalue weighted by atomic mass is 10.1. The van der Waals surface area contributed by atoms with Crippen LogP contribution in [0.25, 0.3) is 0 Å². The maximum Gasteiger partial charge on any atom is 0.260 e. The molecule has 1 atom stereocenters. The van der Waals surface area contributed by atoms with Crippen LogP contribution in [0.15, 0.2) is 48.5 Å². The van der Waals surface area contributed by atoms with Gasteiger partial charge in [0.25, 0.3) is 5.91 Å². The van der Waals surface area contributed by atoms with Crippen LogP contribution >= 0.6 is 23.2 Å². The molecule has 2 aromatic rings. The van der Waals surface area contributed by atoms with Crippen molar-refractivity contribution in [2.45, 2.75) is 19.4 Å². The Balaban J connectivity index is 1.83. The zero-order chi connectivity index (χ0) is 15.9. The Morgan fingerprint density at radius 1 is 1.18 bits per heavy atom. The van der Waals surface area contributed by atoms with Crippen LogP contribution in [0.5, 0.6) is 5.75 Å². The van der Waals surface area contributed by atoms with Crippen molar-refractivity contribution in [3.8, 4) is 5.75 Å². The Hall–Kier alpha value is -1.71. The Labute approximate surface area is 140 Å². The number of hydrogen-bond donors (Lipinski definition) is 1. The normalized spacial score (nSPS) is 11.8. The summed E-state index contributed by atoms with van der Waals surface area (Å²) in [4.78, 5) is 12.0. The molecule has 0 aromatic heterocycles. The summed E-state index contributed by atoms with van der Waals surface area (Å²) in [6.07, 6.45) is 0.128. The van der Waals surface area contributed by atoms with Crippen molar-refractivity contribution < 1.29 is 9.53 Å². The summed E-state index contributed by atoms with van der Waals surface area (Å²) in [6.45, 7) is 2.23. The van der Waals surface area contributed by atoms with Gasteiger partial charge >= 0.3 is 0 Å². The molecule has 2 aromatic carbocycles. The van der Waals surface area contributed by atoms with Crippen LogP contribution in [0, 0.1) is 0 Å². The lowest BCUT2D eigenvalue weighted by molar-refractivity contribution is -0.127. The van der Waals surface area contributed by atoms with Crippen molar-refractivity contribution in [2.24, 2.45) is 0 Å². The van der Waals surface area contributed by atoms with Gasteiger partial charge in [0, 0.05) is 17.6 Å². The van der Waals surface area contributed by atoms with Crippen LogP contribution in [-0.4, -0.2) is 18.6 Å². The zero-order valence-corrected chi connectivity index (χ0v) is 13.7. The van der Waals surface area contributed by atoms with E-state index in [9.17, 15) is 4.79 Å². The number of benzene rings is 2. The number of nitrogens with one attached hydrogen (secondary N) is 1. The fourth-order valence-electron chi connectivity index (χ4n) is 1.93. The van der Waals surface area contributed by atoms with Crippen LogP contribution < -0.4 is 10.1 Å². The fraction of sp³-hybridized carbons (Fsp3) is 0.235. The largest absolute Gasteiger partial charge is 0.479 e. The maximum absolute atomic E-state index is 12.0. The van der Waals surface area contributed by atoms with Crippen LogP contribution in [0.4, 0.5) is 0 Å². The molecule has 0 aliphatic rings. The van der Waals surface area contributed by atoms with E-state index in [0.29, 0.717) is 22.3 Å². The van der Waals surface area contributed by atoms with Gasteiger partial charge < -0.3 is 10.1 Å². The predicted molar refractivity (Wildman–Crippen MR) is 89.7 cm³/mol.